The first-order valence-electron chi connectivity index (χ1n) is 6.58. The highest BCUT2D eigenvalue weighted by Gasteiger charge is 2.26. The second-order valence-corrected chi connectivity index (χ2v) is 5.87. The van der Waals surface area contributed by atoms with Crippen molar-refractivity contribution < 1.29 is 0 Å². The smallest absolute Gasteiger partial charge is 0.128 e. The lowest BCUT2D eigenvalue weighted by Crippen LogP contribution is -2.24. The molecule has 1 atom stereocenters. The van der Waals surface area contributed by atoms with Crippen molar-refractivity contribution in [3.8, 4) is 0 Å². The summed E-state index contributed by atoms with van der Waals surface area (Å²) < 4.78 is 2.20. The van der Waals surface area contributed by atoms with Crippen molar-refractivity contribution in [3.05, 3.63) is 33.1 Å². The van der Waals surface area contributed by atoms with E-state index >= 15 is 0 Å². The van der Waals surface area contributed by atoms with Gasteiger partial charge in [0.05, 0.1) is 11.7 Å². The molecule has 0 radical (unpaired) electrons. The van der Waals surface area contributed by atoms with Gasteiger partial charge in [0.25, 0.3) is 0 Å². The van der Waals surface area contributed by atoms with Crippen LogP contribution in [0, 0.1) is 13.8 Å². The molecule has 3 rings (SSSR count). The zero-order chi connectivity index (χ0) is 12.7. The van der Waals surface area contributed by atoms with E-state index in [-0.39, 0.29) is 0 Å². The van der Waals surface area contributed by atoms with Crippen LogP contribution in [0.1, 0.15) is 41.1 Å². The summed E-state index contributed by atoms with van der Waals surface area (Å²) in [4.78, 5) is 1.46. The molecule has 2 aromatic rings. The average Bonchev–Trinajstić information content (AvgIpc) is 2.94. The molecule has 0 saturated carbocycles. The summed E-state index contributed by atoms with van der Waals surface area (Å²) >= 11 is 1.85. The molecule has 0 aliphatic carbocycles. The Morgan fingerprint density at radius 1 is 1.50 bits per heavy atom. The van der Waals surface area contributed by atoms with Crippen LogP contribution in [0.15, 0.2) is 11.4 Å². The molecule has 0 fully saturated rings. The first-order chi connectivity index (χ1) is 8.72. The van der Waals surface area contributed by atoms with Crippen LogP contribution in [-0.4, -0.2) is 16.3 Å². The minimum atomic E-state index is 0.417. The van der Waals surface area contributed by atoms with Gasteiger partial charge in [-0.05, 0) is 43.7 Å². The molecule has 96 valence electrons. The van der Waals surface area contributed by atoms with Crippen LogP contribution in [-0.2, 0) is 6.42 Å². The summed E-state index contributed by atoms with van der Waals surface area (Å²) in [5, 5.41) is 10.5. The average molecular weight is 261 g/mol. The molecule has 18 heavy (non-hydrogen) atoms. The van der Waals surface area contributed by atoms with E-state index in [2.05, 4.69) is 42.2 Å². The molecule has 0 saturated heterocycles. The van der Waals surface area contributed by atoms with Crippen LogP contribution in [0.5, 0.6) is 0 Å². The fourth-order valence-corrected chi connectivity index (χ4v) is 3.80. The maximum absolute atomic E-state index is 4.81. The van der Waals surface area contributed by atoms with Gasteiger partial charge in [-0.15, -0.1) is 11.3 Å². The van der Waals surface area contributed by atoms with Crippen molar-refractivity contribution in [3.63, 3.8) is 0 Å². The fourth-order valence-electron chi connectivity index (χ4n) is 2.76. The van der Waals surface area contributed by atoms with E-state index in [1.165, 1.54) is 27.5 Å². The number of fused-ring (bicyclic) bond motifs is 1. The summed E-state index contributed by atoms with van der Waals surface area (Å²) in [6.45, 7) is 7.59. The Hall–Kier alpha value is -1.29. The lowest BCUT2D eigenvalue weighted by Gasteiger charge is -2.26. The molecule has 1 N–H and O–H groups in total. The highest BCUT2D eigenvalue weighted by atomic mass is 32.1. The zero-order valence-electron chi connectivity index (χ0n) is 11.2. The van der Waals surface area contributed by atoms with Gasteiger partial charge >= 0.3 is 0 Å². The Kier molecular flexibility index (Phi) is 2.90. The lowest BCUT2D eigenvalue weighted by atomic mass is 10.1. The first kappa shape index (κ1) is 11.8. The van der Waals surface area contributed by atoms with E-state index in [9.17, 15) is 0 Å². The Morgan fingerprint density at radius 2 is 2.33 bits per heavy atom. The van der Waals surface area contributed by atoms with Gasteiger partial charge in [-0.25, -0.2) is 4.68 Å². The highest BCUT2D eigenvalue weighted by molar-refractivity contribution is 7.10. The number of aryl methyl sites for hydroxylation is 2. The van der Waals surface area contributed by atoms with E-state index in [4.69, 9.17) is 5.10 Å². The molecule has 3 nitrogen and oxygen atoms in total. The van der Waals surface area contributed by atoms with Crippen molar-refractivity contribution in [2.24, 2.45) is 0 Å². The molecule has 0 aromatic carbocycles. The molecule has 0 bridgehead atoms. The summed E-state index contributed by atoms with van der Waals surface area (Å²) in [5.41, 5.74) is 3.93. The van der Waals surface area contributed by atoms with Gasteiger partial charge < -0.3 is 5.32 Å². The number of nitrogens with zero attached hydrogens (tertiary/aromatic N) is 2. The van der Waals surface area contributed by atoms with Crippen LogP contribution in [0.25, 0.3) is 0 Å². The minimum Gasteiger partial charge on any atom is -0.370 e. The van der Waals surface area contributed by atoms with Crippen molar-refractivity contribution >= 4 is 17.2 Å². The Labute approximate surface area is 112 Å². The lowest BCUT2D eigenvalue weighted by molar-refractivity contribution is 0.483. The van der Waals surface area contributed by atoms with Crippen molar-refractivity contribution in [2.45, 2.75) is 39.7 Å². The summed E-state index contributed by atoms with van der Waals surface area (Å²) in [7, 11) is 0. The van der Waals surface area contributed by atoms with Gasteiger partial charge in [0.2, 0.25) is 0 Å². The number of thiophene rings is 1. The SMILES string of the molecule is CCc1nn2c(c1C)NCCC2c1sccc1C. The normalized spacial score (nSPS) is 18.5. The number of hydrogen-bond donors (Lipinski definition) is 1. The molecule has 0 amide bonds. The Bertz CT molecular complexity index is 568. The quantitative estimate of drug-likeness (QED) is 0.896. The third-order valence-corrected chi connectivity index (χ3v) is 4.91. The second kappa shape index (κ2) is 4.43. The van der Waals surface area contributed by atoms with Crippen LogP contribution in [0.4, 0.5) is 5.82 Å². The van der Waals surface area contributed by atoms with Crippen molar-refractivity contribution in [2.75, 3.05) is 11.9 Å². The van der Waals surface area contributed by atoms with Gasteiger partial charge in [0.15, 0.2) is 0 Å². The maximum atomic E-state index is 4.81. The minimum absolute atomic E-state index is 0.417. The maximum Gasteiger partial charge on any atom is 0.128 e. The van der Waals surface area contributed by atoms with Crippen molar-refractivity contribution in [1.29, 1.82) is 0 Å². The first-order valence-corrected chi connectivity index (χ1v) is 7.46. The number of anilines is 1. The molecule has 1 aliphatic rings. The predicted molar refractivity (Wildman–Crippen MR) is 76.6 cm³/mol. The molecule has 1 aliphatic heterocycles. The predicted octanol–water partition coefficient (Wildman–Crippen LogP) is 3.53. The van der Waals surface area contributed by atoms with E-state index < -0.39 is 0 Å². The fraction of sp³-hybridized carbons (Fsp3) is 0.500. The van der Waals surface area contributed by atoms with Crippen LogP contribution in [0.3, 0.4) is 0 Å². The number of hydrogen-bond acceptors (Lipinski definition) is 3. The number of rotatable bonds is 2. The summed E-state index contributed by atoms with van der Waals surface area (Å²) in [6, 6.07) is 2.62. The van der Waals surface area contributed by atoms with Gasteiger partial charge in [0.1, 0.15) is 5.82 Å². The van der Waals surface area contributed by atoms with Crippen LogP contribution >= 0.6 is 11.3 Å². The van der Waals surface area contributed by atoms with E-state index in [1.807, 2.05) is 11.3 Å². The third-order valence-electron chi connectivity index (χ3n) is 3.79. The molecule has 3 heterocycles. The Balaban J connectivity index is 2.10. The van der Waals surface area contributed by atoms with E-state index in [0.29, 0.717) is 6.04 Å². The molecular formula is C14H19N3S. The monoisotopic (exact) mass is 261 g/mol. The molecule has 0 spiro atoms. The summed E-state index contributed by atoms with van der Waals surface area (Å²) in [6.07, 6.45) is 2.13. The number of aromatic nitrogens is 2. The van der Waals surface area contributed by atoms with Crippen LogP contribution in [0.2, 0.25) is 0 Å². The van der Waals surface area contributed by atoms with Gasteiger partial charge in [-0.1, -0.05) is 6.92 Å². The zero-order valence-corrected chi connectivity index (χ0v) is 12.0. The van der Waals surface area contributed by atoms with Gasteiger partial charge in [0, 0.05) is 17.0 Å². The highest BCUT2D eigenvalue weighted by Crippen LogP contribution is 2.36. The standard InChI is InChI=1S/C14H19N3S/c1-4-11-10(3)14-15-7-5-12(17(14)16-11)13-9(2)6-8-18-13/h6,8,12,15H,4-5,7H2,1-3H3. The number of nitrogens with one attached hydrogen (secondary N) is 1. The van der Waals surface area contributed by atoms with Crippen LogP contribution < -0.4 is 5.32 Å². The van der Waals surface area contributed by atoms with Gasteiger partial charge in [-0.2, -0.15) is 5.10 Å². The third kappa shape index (κ3) is 1.67. The largest absolute Gasteiger partial charge is 0.370 e. The van der Waals surface area contributed by atoms with Crippen molar-refractivity contribution in [1.82, 2.24) is 9.78 Å². The van der Waals surface area contributed by atoms with Gasteiger partial charge in [-0.3, -0.25) is 0 Å². The molecule has 1 unspecified atom stereocenters. The molecular weight excluding hydrogens is 242 g/mol. The molecule has 2 aromatic heterocycles. The topological polar surface area (TPSA) is 29.9 Å². The van der Waals surface area contributed by atoms with E-state index in [1.54, 1.807) is 0 Å². The Morgan fingerprint density at radius 3 is 3.00 bits per heavy atom. The molecule has 4 heteroatoms. The summed E-state index contributed by atoms with van der Waals surface area (Å²) in [5.74, 6) is 1.22. The second-order valence-electron chi connectivity index (χ2n) is 4.92. The van der Waals surface area contributed by atoms with E-state index in [0.717, 1.165) is 19.4 Å².